The number of benzene rings is 1. The van der Waals surface area contributed by atoms with Gasteiger partial charge in [-0.1, -0.05) is 17.7 Å². The monoisotopic (exact) mass is 389 g/mol. The third-order valence-electron chi connectivity index (χ3n) is 4.48. The van der Waals surface area contributed by atoms with Crippen LogP contribution in [0.3, 0.4) is 0 Å². The lowest BCUT2D eigenvalue weighted by Gasteiger charge is -2.31. The van der Waals surface area contributed by atoms with E-state index in [1.54, 1.807) is 4.90 Å². The number of hydrogen-bond donors (Lipinski definition) is 2. The molecule has 1 saturated heterocycles. The maximum atomic E-state index is 11.8. The van der Waals surface area contributed by atoms with Gasteiger partial charge in [-0.3, -0.25) is 0 Å². The molecule has 0 aliphatic carbocycles. The zero-order valence-corrected chi connectivity index (χ0v) is 16.3. The molecule has 7 nitrogen and oxygen atoms in total. The Bertz CT molecular complexity index is 793. The fourth-order valence-electron chi connectivity index (χ4n) is 2.95. The van der Waals surface area contributed by atoms with E-state index < -0.39 is 0 Å². The van der Waals surface area contributed by atoms with Crippen LogP contribution in [-0.2, 0) is 4.74 Å². The average Bonchev–Trinajstić information content (AvgIpc) is 2.66. The fourth-order valence-corrected chi connectivity index (χ4v) is 3.13. The van der Waals surface area contributed by atoms with Crippen LogP contribution in [0, 0.1) is 6.92 Å². The number of carbonyl (C=O) groups is 1. The Kier molecular flexibility index (Phi) is 6.34. The lowest BCUT2D eigenvalue weighted by atomic mass is 10.1. The van der Waals surface area contributed by atoms with Crippen molar-refractivity contribution in [3.63, 3.8) is 0 Å². The van der Waals surface area contributed by atoms with E-state index in [0.29, 0.717) is 30.5 Å². The van der Waals surface area contributed by atoms with Gasteiger partial charge in [0.05, 0.1) is 6.61 Å². The molecule has 1 aliphatic rings. The van der Waals surface area contributed by atoms with Crippen LogP contribution in [0.5, 0.6) is 0 Å². The Morgan fingerprint density at radius 3 is 2.70 bits per heavy atom. The third-order valence-corrected chi connectivity index (χ3v) is 4.89. The van der Waals surface area contributed by atoms with E-state index in [2.05, 4.69) is 20.6 Å². The number of carbonyl (C=O) groups excluding carboxylic acids is 1. The van der Waals surface area contributed by atoms with E-state index in [1.165, 1.54) is 6.33 Å². The van der Waals surface area contributed by atoms with Gasteiger partial charge in [0.25, 0.3) is 0 Å². The molecule has 2 N–H and O–H groups in total. The highest BCUT2D eigenvalue weighted by Gasteiger charge is 2.23. The number of halogens is 1. The van der Waals surface area contributed by atoms with Crippen LogP contribution in [0.25, 0.3) is 0 Å². The first kappa shape index (κ1) is 19.2. The molecule has 0 atom stereocenters. The number of amides is 1. The minimum atomic E-state index is -0.235. The number of aryl methyl sites for hydroxylation is 1. The van der Waals surface area contributed by atoms with Crippen LogP contribution < -0.4 is 10.6 Å². The molecule has 144 valence electrons. The van der Waals surface area contributed by atoms with Crippen LogP contribution in [-0.4, -0.2) is 46.7 Å². The van der Waals surface area contributed by atoms with Crippen molar-refractivity contribution >= 4 is 35.0 Å². The summed E-state index contributed by atoms with van der Waals surface area (Å²) in [6.07, 6.45) is 2.98. The molecular weight excluding hydrogens is 366 g/mol. The lowest BCUT2D eigenvalue weighted by Crippen LogP contribution is -2.42. The molecule has 1 aliphatic heterocycles. The lowest BCUT2D eigenvalue weighted by molar-refractivity contribution is 0.0983. The summed E-state index contributed by atoms with van der Waals surface area (Å²) in [6, 6.07) is 7.92. The van der Waals surface area contributed by atoms with Crippen molar-refractivity contribution in [3.8, 4) is 0 Å². The summed E-state index contributed by atoms with van der Waals surface area (Å²) in [5.74, 6) is 1.44. The van der Waals surface area contributed by atoms with Gasteiger partial charge in [0.2, 0.25) is 0 Å². The molecule has 1 aromatic heterocycles. The molecule has 0 radical (unpaired) electrons. The number of ether oxygens (including phenoxy) is 1. The summed E-state index contributed by atoms with van der Waals surface area (Å²) in [5, 5.41) is 7.37. The maximum absolute atomic E-state index is 11.8. The van der Waals surface area contributed by atoms with Crippen molar-refractivity contribution in [3.05, 3.63) is 41.2 Å². The van der Waals surface area contributed by atoms with Gasteiger partial charge < -0.3 is 20.3 Å². The van der Waals surface area contributed by atoms with Gasteiger partial charge in [-0.25, -0.2) is 14.8 Å². The minimum absolute atomic E-state index is 0.235. The first-order valence-electron chi connectivity index (χ1n) is 9.08. The SMILES string of the molecule is CCOC(=O)N1CCC(Nc2cc(Nc3ccc(C)c(Cl)c3)ncn2)CC1. The zero-order chi connectivity index (χ0) is 19.2. The number of anilines is 3. The first-order valence-corrected chi connectivity index (χ1v) is 9.46. The number of aromatic nitrogens is 2. The number of rotatable bonds is 5. The Balaban J connectivity index is 1.56. The fraction of sp³-hybridized carbons (Fsp3) is 0.421. The van der Waals surface area contributed by atoms with Gasteiger partial charge in [-0.2, -0.15) is 0 Å². The standard InChI is InChI=1S/C19H24ClN5O2/c1-3-27-19(26)25-8-6-14(7-9-25)23-17-11-18(22-12-21-17)24-15-5-4-13(2)16(20)10-15/h4-5,10-12,14H,3,6-9H2,1-2H3,(H2,21,22,23,24). The molecule has 1 fully saturated rings. The summed E-state index contributed by atoms with van der Waals surface area (Å²) >= 11 is 6.17. The number of hydrogen-bond acceptors (Lipinski definition) is 6. The number of nitrogens with zero attached hydrogens (tertiary/aromatic N) is 3. The predicted molar refractivity (Wildman–Crippen MR) is 107 cm³/mol. The molecule has 3 rings (SSSR count). The Morgan fingerprint density at radius 2 is 2.00 bits per heavy atom. The van der Waals surface area contributed by atoms with E-state index in [9.17, 15) is 4.79 Å². The van der Waals surface area contributed by atoms with Gasteiger partial charge in [-0.15, -0.1) is 0 Å². The number of likely N-dealkylation sites (tertiary alicyclic amines) is 1. The van der Waals surface area contributed by atoms with Gasteiger partial charge in [-0.05, 0) is 44.4 Å². The smallest absolute Gasteiger partial charge is 0.409 e. The van der Waals surface area contributed by atoms with Crippen molar-refractivity contribution in [1.82, 2.24) is 14.9 Å². The van der Waals surface area contributed by atoms with E-state index in [0.717, 1.165) is 29.9 Å². The minimum Gasteiger partial charge on any atom is -0.450 e. The van der Waals surface area contributed by atoms with Crippen LogP contribution in [0.2, 0.25) is 5.02 Å². The maximum Gasteiger partial charge on any atom is 0.409 e. The van der Waals surface area contributed by atoms with Crippen LogP contribution in [0.1, 0.15) is 25.3 Å². The molecule has 1 aromatic carbocycles. The second-order valence-electron chi connectivity index (χ2n) is 6.48. The van der Waals surface area contributed by atoms with Crippen molar-refractivity contribution in [2.75, 3.05) is 30.3 Å². The summed E-state index contributed by atoms with van der Waals surface area (Å²) in [5.41, 5.74) is 1.90. The molecule has 2 aromatic rings. The second kappa shape index (κ2) is 8.90. The Morgan fingerprint density at radius 1 is 1.26 bits per heavy atom. The zero-order valence-electron chi connectivity index (χ0n) is 15.5. The predicted octanol–water partition coefficient (Wildman–Crippen LogP) is 4.21. The van der Waals surface area contributed by atoms with Crippen molar-refractivity contribution in [1.29, 1.82) is 0 Å². The van der Waals surface area contributed by atoms with Crippen LogP contribution in [0.15, 0.2) is 30.6 Å². The molecule has 0 spiro atoms. The number of piperidine rings is 1. The normalized spacial score (nSPS) is 14.7. The summed E-state index contributed by atoms with van der Waals surface area (Å²) in [4.78, 5) is 22.1. The molecule has 27 heavy (non-hydrogen) atoms. The molecule has 0 unspecified atom stereocenters. The molecule has 0 saturated carbocycles. The summed E-state index contributed by atoms with van der Waals surface area (Å²) in [7, 11) is 0. The van der Waals surface area contributed by atoms with Gasteiger partial charge >= 0.3 is 6.09 Å². The van der Waals surface area contributed by atoms with Crippen LogP contribution >= 0.6 is 11.6 Å². The van der Waals surface area contributed by atoms with E-state index in [1.807, 2.05) is 38.1 Å². The van der Waals surface area contributed by atoms with E-state index in [4.69, 9.17) is 16.3 Å². The van der Waals surface area contributed by atoms with Gasteiger partial charge in [0.15, 0.2) is 0 Å². The van der Waals surface area contributed by atoms with E-state index >= 15 is 0 Å². The number of nitrogens with one attached hydrogen (secondary N) is 2. The summed E-state index contributed by atoms with van der Waals surface area (Å²) in [6.45, 7) is 5.53. The second-order valence-corrected chi connectivity index (χ2v) is 6.89. The quantitative estimate of drug-likeness (QED) is 0.797. The van der Waals surface area contributed by atoms with Crippen LogP contribution in [0.4, 0.5) is 22.1 Å². The van der Waals surface area contributed by atoms with Crippen molar-refractivity contribution in [2.45, 2.75) is 32.7 Å². The highest BCUT2D eigenvalue weighted by atomic mass is 35.5. The Labute approximate surface area is 164 Å². The topological polar surface area (TPSA) is 79.4 Å². The van der Waals surface area contributed by atoms with Gasteiger partial charge in [0.1, 0.15) is 18.0 Å². The molecule has 0 bridgehead atoms. The highest BCUT2D eigenvalue weighted by Crippen LogP contribution is 2.23. The third kappa shape index (κ3) is 5.23. The van der Waals surface area contributed by atoms with Crippen molar-refractivity contribution < 1.29 is 9.53 Å². The molecular formula is C19H24ClN5O2. The van der Waals surface area contributed by atoms with Gasteiger partial charge in [0, 0.05) is 35.9 Å². The largest absolute Gasteiger partial charge is 0.450 e. The average molecular weight is 390 g/mol. The Hall–Kier alpha value is -2.54. The highest BCUT2D eigenvalue weighted by molar-refractivity contribution is 6.31. The molecule has 8 heteroatoms. The first-order chi connectivity index (χ1) is 13.0. The summed E-state index contributed by atoms with van der Waals surface area (Å²) < 4.78 is 5.05. The molecule has 1 amide bonds. The van der Waals surface area contributed by atoms with Crippen molar-refractivity contribution in [2.24, 2.45) is 0 Å². The molecule has 2 heterocycles. The van der Waals surface area contributed by atoms with E-state index in [-0.39, 0.29) is 12.1 Å².